The molecule has 0 aliphatic rings. The van der Waals surface area contributed by atoms with E-state index in [-0.39, 0.29) is 0 Å². The van der Waals surface area contributed by atoms with Gasteiger partial charge >= 0.3 is 0 Å². The number of unbranched alkanes of at least 4 members (excludes halogenated alkanes) is 4. The molecule has 0 aromatic rings. The van der Waals surface area contributed by atoms with Gasteiger partial charge in [-0.3, -0.25) is 0 Å². The molecule has 0 aromatic carbocycles. The zero-order valence-corrected chi connectivity index (χ0v) is 11.0. The highest BCUT2D eigenvalue weighted by atomic mass is 16.3. The normalized spacial score (nSPS) is 15.6. The molecular weight excluding hydrogens is 186 g/mol. The molecule has 92 valence electrons. The molecule has 0 amide bonds. The Bertz CT molecular complexity index is 143. The van der Waals surface area contributed by atoms with Crippen molar-refractivity contribution in [2.24, 2.45) is 0 Å². The van der Waals surface area contributed by atoms with E-state index in [2.05, 4.69) is 26.1 Å². The zero-order valence-electron chi connectivity index (χ0n) is 11.0. The van der Waals surface area contributed by atoms with E-state index in [0.29, 0.717) is 12.6 Å². The van der Waals surface area contributed by atoms with Gasteiger partial charge in [0.05, 0.1) is 5.60 Å². The van der Waals surface area contributed by atoms with E-state index in [1.54, 1.807) is 0 Å². The fraction of sp³-hybridized carbons (Fsp3) is 1.00. The third-order valence-corrected chi connectivity index (χ3v) is 2.71. The second-order valence-corrected chi connectivity index (χ2v) is 5.20. The maximum Gasteiger partial charge on any atom is 0.0743 e. The third-order valence-electron chi connectivity index (χ3n) is 2.71. The second-order valence-electron chi connectivity index (χ2n) is 5.20. The molecule has 0 heterocycles. The van der Waals surface area contributed by atoms with E-state index in [1.807, 2.05) is 6.92 Å². The molecule has 0 aliphatic carbocycles. The first-order valence-corrected chi connectivity index (χ1v) is 6.43. The van der Waals surface area contributed by atoms with Gasteiger partial charge in [-0.2, -0.15) is 0 Å². The van der Waals surface area contributed by atoms with Crippen molar-refractivity contribution in [3.05, 3.63) is 0 Å². The summed E-state index contributed by atoms with van der Waals surface area (Å²) in [5.41, 5.74) is -0.531. The molecule has 0 saturated heterocycles. The lowest BCUT2D eigenvalue weighted by molar-refractivity contribution is 0.0462. The van der Waals surface area contributed by atoms with Crippen LogP contribution in [0.3, 0.4) is 0 Å². The van der Waals surface area contributed by atoms with E-state index < -0.39 is 5.60 Å². The van der Waals surface area contributed by atoms with Crippen molar-refractivity contribution in [3.63, 3.8) is 0 Å². The number of rotatable bonds is 9. The lowest BCUT2D eigenvalue weighted by Crippen LogP contribution is -2.40. The monoisotopic (exact) mass is 215 g/mol. The molecule has 0 radical (unpaired) electrons. The minimum Gasteiger partial charge on any atom is -0.389 e. The quantitative estimate of drug-likeness (QED) is 0.579. The first kappa shape index (κ1) is 14.9. The van der Waals surface area contributed by atoms with Crippen LogP contribution < -0.4 is 5.32 Å². The average molecular weight is 215 g/mol. The third kappa shape index (κ3) is 10.2. The Morgan fingerprint density at radius 3 is 2.27 bits per heavy atom. The van der Waals surface area contributed by atoms with E-state index in [0.717, 1.165) is 12.8 Å². The number of hydrogen-bond donors (Lipinski definition) is 2. The van der Waals surface area contributed by atoms with Gasteiger partial charge in [0.2, 0.25) is 0 Å². The van der Waals surface area contributed by atoms with Gasteiger partial charge in [-0.15, -0.1) is 0 Å². The largest absolute Gasteiger partial charge is 0.389 e. The van der Waals surface area contributed by atoms with Crippen LogP contribution in [0.15, 0.2) is 0 Å². The summed E-state index contributed by atoms with van der Waals surface area (Å²) < 4.78 is 0. The SMILES string of the molecule is CCCCCCCC(C)(O)CNC(C)C. The smallest absolute Gasteiger partial charge is 0.0743 e. The molecule has 1 unspecified atom stereocenters. The summed E-state index contributed by atoms with van der Waals surface area (Å²) in [7, 11) is 0. The lowest BCUT2D eigenvalue weighted by atomic mass is 9.97. The molecule has 0 spiro atoms. The maximum atomic E-state index is 10.1. The molecule has 0 rings (SSSR count). The Labute approximate surface area is 95.5 Å². The van der Waals surface area contributed by atoms with Crippen molar-refractivity contribution in [3.8, 4) is 0 Å². The van der Waals surface area contributed by atoms with Crippen molar-refractivity contribution in [2.75, 3.05) is 6.54 Å². The lowest BCUT2D eigenvalue weighted by Gasteiger charge is -2.25. The standard InChI is InChI=1S/C13H29NO/c1-5-6-7-8-9-10-13(4,15)11-14-12(2)3/h12,14-15H,5-11H2,1-4H3. The summed E-state index contributed by atoms with van der Waals surface area (Å²) in [6.07, 6.45) is 7.23. The summed E-state index contributed by atoms with van der Waals surface area (Å²) in [4.78, 5) is 0. The Balaban J connectivity index is 3.46. The highest BCUT2D eigenvalue weighted by Crippen LogP contribution is 2.14. The topological polar surface area (TPSA) is 32.3 Å². The molecule has 1 atom stereocenters. The van der Waals surface area contributed by atoms with Gasteiger partial charge in [-0.05, 0) is 13.3 Å². The number of hydrogen-bond acceptors (Lipinski definition) is 2. The zero-order chi connectivity index (χ0) is 11.7. The first-order chi connectivity index (χ1) is 6.98. The summed E-state index contributed by atoms with van der Waals surface area (Å²) in [5.74, 6) is 0. The van der Waals surface area contributed by atoms with Crippen molar-refractivity contribution in [1.82, 2.24) is 5.32 Å². The van der Waals surface area contributed by atoms with Gasteiger partial charge < -0.3 is 10.4 Å². The molecule has 2 nitrogen and oxygen atoms in total. The molecular formula is C13H29NO. The molecule has 0 fully saturated rings. The number of aliphatic hydroxyl groups is 1. The minimum absolute atomic E-state index is 0.455. The molecule has 2 N–H and O–H groups in total. The van der Waals surface area contributed by atoms with Gasteiger partial charge in [-0.1, -0.05) is 52.9 Å². The molecule has 0 saturated carbocycles. The molecule has 0 aromatic heterocycles. The summed E-state index contributed by atoms with van der Waals surface area (Å²) in [6.45, 7) is 9.08. The van der Waals surface area contributed by atoms with Crippen molar-refractivity contribution >= 4 is 0 Å². The molecule has 0 aliphatic heterocycles. The van der Waals surface area contributed by atoms with E-state index in [4.69, 9.17) is 0 Å². The Morgan fingerprint density at radius 1 is 1.13 bits per heavy atom. The van der Waals surface area contributed by atoms with E-state index in [9.17, 15) is 5.11 Å². The summed E-state index contributed by atoms with van der Waals surface area (Å²) in [5, 5.41) is 13.3. The highest BCUT2D eigenvalue weighted by molar-refractivity contribution is 4.76. The molecule has 15 heavy (non-hydrogen) atoms. The summed E-state index contributed by atoms with van der Waals surface area (Å²) in [6, 6.07) is 0.455. The van der Waals surface area contributed by atoms with Gasteiger partial charge in [0.25, 0.3) is 0 Å². The Morgan fingerprint density at radius 2 is 1.73 bits per heavy atom. The molecule has 0 bridgehead atoms. The maximum absolute atomic E-state index is 10.1. The van der Waals surface area contributed by atoms with Crippen LogP contribution in [-0.4, -0.2) is 23.3 Å². The van der Waals surface area contributed by atoms with Crippen LogP contribution in [0.1, 0.15) is 66.2 Å². The predicted octanol–water partition coefficient (Wildman–Crippen LogP) is 3.10. The van der Waals surface area contributed by atoms with Crippen LogP contribution in [0.2, 0.25) is 0 Å². The van der Waals surface area contributed by atoms with Gasteiger partial charge in [0.1, 0.15) is 0 Å². The average Bonchev–Trinajstić information content (AvgIpc) is 2.15. The summed E-state index contributed by atoms with van der Waals surface area (Å²) >= 11 is 0. The van der Waals surface area contributed by atoms with Crippen LogP contribution in [-0.2, 0) is 0 Å². The van der Waals surface area contributed by atoms with Gasteiger partial charge in [0, 0.05) is 12.6 Å². The van der Waals surface area contributed by atoms with Crippen LogP contribution >= 0.6 is 0 Å². The second kappa shape index (κ2) is 8.12. The van der Waals surface area contributed by atoms with E-state index in [1.165, 1.54) is 25.7 Å². The van der Waals surface area contributed by atoms with Gasteiger partial charge in [-0.25, -0.2) is 0 Å². The van der Waals surface area contributed by atoms with E-state index >= 15 is 0 Å². The minimum atomic E-state index is -0.531. The van der Waals surface area contributed by atoms with Crippen LogP contribution in [0, 0.1) is 0 Å². The van der Waals surface area contributed by atoms with Gasteiger partial charge in [0.15, 0.2) is 0 Å². The van der Waals surface area contributed by atoms with Crippen molar-refractivity contribution < 1.29 is 5.11 Å². The molecule has 2 heteroatoms. The van der Waals surface area contributed by atoms with Crippen LogP contribution in [0.25, 0.3) is 0 Å². The van der Waals surface area contributed by atoms with Crippen molar-refractivity contribution in [1.29, 1.82) is 0 Å². The Kier molecular flexibility index (Phi) is 8.07. The van der Waals surface area contributed by atoms with Crippen molar-refractivity contribution in [2.45, 2.75) is 77.9 Å². The fourth-order valence-electron chi connectivity index (χ4n) is 1.62. The number of nitrogens with one attached hydrogen (secondary N) is 1. The van der Waals surface area contributed by atoms with Crippen LogP contribution in [0.5, 0.6) is 0 Å². The predicted molar refractivity (Wildman–Crippen MR) is 67.1 cm³/mol. The highest BCUT2D eigenvalue weighted by Gasteiger charge is 2.19. The van der Waals surface area contributed by atoms with Crippen LogP contribution in [0.4, 0.5) is 0 Å². The first-order valence-electron chi connectivity index (χ1n) is 6.43. The fourth-order valence-corrected chi connectivity index (χ4v) is 1.62. The Hall–Kier alpha value is -0.0800.